The van der Waals surface area contributed by atoms with Crippen molar-refractivity contribution in [2.75, 3.05) is 13.7 Å². The molecule has 0 bridgehead atoms. The third kappa shape index (κ3) is 2.67. The van der Waals surface area contributed by atoms with Crippen molar-refractivity contribution >= 4 is 11.0 Å². The zero-order valence-corrected chi connectivity index (χ0v) is 13.2. The van der Waals surface area contributed by atoms with Crippen LogP contribution < -0.4 is 0 Å². The van der Waals surface area contributed by atoms with E-state index in [0.29, 0.717) is 18.7 Å². The van der Waals surface area contributed by atoms with Crippen LogP contribution in [0, 0.1) is 0 Å². The van der Waals surface area contributed by atoms with Gasteiger partial charge in [0.05, 0.1) is 25.2 Å². The van der Waals surface area contributed by atoms with E-state index in [-0.39, 0.29) is 0 Å². The number of hydrogen-bond donors (Lipinski definition) is 0. The quantitative estimate of drug-likeness (QED) is 0.539. The molecule has 1 aromatic carbocycles. The van der Waals surface area contributed by atoms with Gasteiger partial charge in [-0.05, 0) is 28.5 Å². The van der Waals surface area contributed by atoms with E-state index in [1.165, 1.54) is 0 Å². The van der Waals surface area contributed by atoms with Crippen LogP contribution >= 0.6 is 0 Å². The van der Waals surface area contributed by atoms with Crippen molar-refractivity contribution < 1.29 is 9.37 Å². The third-order valence-corrected chi connectivity index (χ3v) is 3.89. The van der Waals surface area contributed by atoms with Crippen LogP contribution in [-0.2, 0) is 17.8 Å². The molecule has 3 heterocycles. The van der Waals surface area contributed by atoms with Gasteiger partial charge in [-0.2, -0.15) is 0 Å². The lowest BCUT2D eigenvalue weighted by Gasteiger charge is -2.10. The van der Waals surface area contributed by atoms with Crippen molar-refractivity contribution in [1.29, 1.82) is 0 Å². The summed E-state index contributed by atoms with van der Waals surface area (Å²) in [5.41, 5.74) is 3.50. The number of rotatable bonds is 6. The monoisotopic (exact) mass is 324 g/mol. The van der Waals surface area contributed by atoms with Crippen molar-refractivity contribution in [3.8, 4) is 11.4 Å². The van der Waals surface area contributed by atoms with Gasteiger partial charge in [0, 0.05) is 37.8 Å². The van der Waals surface area contributed by atoms with E-state index in [1.807, 2.05) is 36.9 Å². The zero-order valence-electron chi connectivity index (χ0n) is 13.2. The lowest BCUT2D eigenvalue weighted by molar-refractivity contribution is 0.186. The lowest BCUT2D eigenvalue weighted by Crippen LogP contribution is -2.10. The number of aromatic nitrogens is 6. The summed E-state index contributed by atoms with van der Waals surface area (Å²) in [6, 6.07) is 5.77. The lowest BCUT2D eigenvalue weighted by atomic mass is 10.2. The van der Waals surface area contributed by atoms with Crippen molar-refractivity contribution in [1.82, 2.24) is 29.4 Å². The number of ether oxygens (including phenoxy) is 1. The zero-order chi connectivity index (χ0) is 16.4. The Morgan fingerprint density at radius 2 is 2.08 bits per heavy atom. The average Bonchev–Trinajstić information content (AvgIpc) is 3.33. The SMILES string of the molecule is COCCn1cncc1Cn1ccnc1-c1ccc2nonc2c1. The first-order chi connectivity index (χ1) is 11.8. The summed E-state index contributed by atoms with van der Waals surface area (Å²) < 4.78 is 14.1. The number of nitrogens with zero attached hydrogens (tertiary/aromatic N) is 6. The predicted molar refractivity (Wildman–Crippen MR) is 86.2 cm³/mol. The summed E-state index contributed by atoms with van der Waals surface area (Å²) in [4.78, 5) is 8.71. The van der Waals surface area contributed by atoms with Gasteiger partial charge in [0.2, 0.25) is 0 Å². The summed E-state index contributed by atoms with van der Waals surface area (Å²) in [5.74, 6) is 0.861. The van der Waals surface area contributed by atoms with Crippen molar-refractivity contribution in [2.24, 2.45) is 0 Å². The van der Waals surface area contributed by atoms with E-state index < -0.39 is 0 Å². The first-order valence-electron chi connectivity index (χ1n) is 7.57. The Hall–Kier alpha value is -3.00. The normalized spacial score (nSPS) is 11.4. The van der Waals surface area contributed by atoms with Crippen LogP contribution in [0.4, 0.5) is 0 Å². The van der Waals surface area contributed by atoms with Gasteiger partial charge in [0.25, 0.3) is 0 Å². The minimum atomic E-state index is 0.649. The molecule has 4 rings (SSSR count). The summed E-state index contributed by atoms with van der Waals surface area (Å²) in [6.45, 7) is 2.09. The molecule has 0 atom stereocenters. The average molecular weight is 324 g/mol. The number of hydrogen-bond acceptors (Lipinski definition) is 6. The first kappa shape index (κ1) is 14.6. The largest absolute Gasteiger partial charge is 0.383 e. The molecule has 8 heteroatoms. The second kappa shape index (κ2) is 6.25. The van der Waals surface area contributed by atoms with Gasteiger partial charge in [0.1, 0.15) is 16.9 Å². The summed E-state index contributed by atoms with van der Waals surface area (Å²) >= 11 is 0. The fourth-order valence-corrected chi connectivity index (χ4v) is 2.66. The molecule has 0 spiro atoms. The molecule has 4 aromatic rings. The molecule has 0 aliphatic heterocycles. The number of fused-ring (bicyclic) bond motifs is 1. The minimum absolute atomic E-state index is 0.649. The Morgan fingerprint density at radius 1 is 1.17 bits per heavy atom. The molecule has 122 valence electrons. The van der Waals surface area contributed by atoms with Gasteiger partial charge >= 0.3 is 0 Å². The highest BCUT2D eigenvalue weighted by atomic mass is 16.6. The standard InChI is InChI=1S/C16H16N6O2/c1-23-7-6-22-11-17-9-13(22)10-21-5-4-18-16(21)12-2-3-14-15(8-12)20-24-19-14/h2-5,8-9,11H,6-7,10H2,1H3. The van der Waals surface area contributed by atoms with Crippen LogP contribution in [0.1, 0.15) is 5.69 Å². The van der Waals surface area contributed by atoms with Gasteiger partial charge < -0.3 is 13.9 Å². The van der Waals surface area contributed by atoms with Crippen LogP contribution in [0.15, 0.2) is 47.7 Å². The summed E-state index contributed by atoms with van der Waals surface area (Å²) in [5, 5.41) is 7.72. The number of imidazole rings is 2. The molecule has 0 aliphatic carbocycles. The van der Waals surface area contributed by atoms with Crippen molar-refractivity contribution in [2.45, 2.75) is 13.1 Å². The fraction of sp³-hybridized carbons (Fsp3) is 0.250. The topological polar surface area (TPSA) is 83.8 Å². The van der Waals surface area contributed by atoms with Crippen molar-refractivity contribution in [3.63, 3.8) is 0 Å². The fourth-order valence-electron chi connectivity index (χ4n) is 2.66. The van der Waals surface area contributed by atoms with Gasteiger partial charge in [-0.1, -0.05) is 0 Å². The van der Waals surface area contributed by atoms with E-state index in [9.17, 15) is 0 Å². The smallest absolute Gasteiger partial charge is 0.140 e. The maximum Gasteiger partial charge on any atom is 0.140 e. The molecule has 8 nitrogen and oxygen atoms in total. The van der Waals surface area contributed by atoms with Crippen LogP contribution in [0.25, 0.3) is 22.4 Å². The van der Waals surface area contributed by atoms with Gasteiger partial charge in [-0.15, -0.1) is 0 Å². The Bertz CT molecular complexity index is 954. The first-order valence-corrected chi connectivity index (χ1v) is 7.57. The highest BCUT2D eigenvalue weighted by Gasteiger charge is 2.11. The molecular formula is C16H16N6O2. The highest BCUT2D eigenvalue weighted by Crippen LogP contribution is 2.22. The molecule has 24 heavy (non-hydrogen) atoms. The Labute approximate surface area is 137 Å². The van der Waals surface area contributed by atoms with E-state index in [0.717, 1.165) is 29.1 Å². The molecular weight excluding hydrogens is 308 g/mol. The molecule has 0 N–H and O–H groups in total. The third-order valence-electron chi connectivity index (χ3n) is 3.89. The number of methoxy groups -OCH3 is 1. The van der Waals surface area contributed by atoms with E-state index in [1.54, 1.807) is 13.3 Å². The van der Waals surface area contributed by atoms with Crippen molar-refractivity contribution in [3.05, 3.63) is 48.8 Å². The molecule has 0 radical (unpaired) electrons. The molecule has 0 aliphatic rings. The Balaban J connectivity index is 1.64. The molecule has 0 amide bonds. The second-order valence-corrected chi connectivity index (χ2v) is 5.42. The molecule has 0 saturated heterocycles. The van der Waals surface area contributed by atoms with Gasteiger partial charge in [-0.25, -0.2) is 14.6 Å². The number of benzene rings is 1. The van der Waals surface area contributed by atoms with Crippen LogP contribution in [0.2, 0.25) is 0 Å². The van der Waals surface area contributed by atoms with E-state index in [4.69, 9.17) is 9.37 Å². The van der Waals surface area contributed by atoms with Gasteiger partial charge in [0.15, 0.2) is 0 Å². The molecule has 0 saturated carbocycles. The maximum atomic E-state index is 5.14. The van der Waals surface area contributed by atoms with Crippen LogP contribution in [-0.4, -0.2) is 43.1 Å². The highest BCUT2D eigenvalue weighted by molar-refractivity contribution is 5.78. The Morgan fingerprint density at radius 3 is 3.00 bits per heavy atom. The molecule has 3 aromatic heterocycles. The second-order valence-electron chi connectivity index (χ2n) is 5.42. The van der Waals surface area contributed by atoms with Crippen LogP contribution in [0.3, 0.4) is 0 Å². The van der Waals surface area contributed by atoms with Crippen LogP contribution in [0.5, 0.6) is 0 Å². The predicted octanol–water partition coefficient (Wildman–Crippen LogP) is 1.98. The summed E-state index contributed by atoms with van der Waals surface area (Å²) in [7, 11) is 1.69. The minimum Gasteiger partial charge on any atom is -0.383 e. The van der Waals surface area contributed by atoms with E-state index in [2.05, 4.69) is 29.4 Å². The Kier molecular flexibility index (Phi) is 3.80. The molecule has 0 fully saturated rings. The van der Waals surface area contributed by atoms with E-state index >= 15 is 0 Å². The summed E-state index contributed by atoms with van der Waals surface area (Å²) in [6.07, 6.45) is 7.42. The molecule has 0 unspecified atom stereocenters. The maximum absolute atomic E-state index is 5.14. The van der Waals surface area contributed by atoms with Gasteiger partial charge in [-0.3, -0.25) is 0 Å².